The molecule has 0 radical (unpaired) electrons. The summed E-state index contributed by atoms with van der Waals surface area (Å²) in [5.41, 5.74) is 2.20. The standard InChI is InChI=1S/C33H46N4O4S2/c1-22(2)36-16-13-26-27(19-36)42-30(28(26)31(39)35-14-7-6-8-15-35)34-29(38)23-9-11-25(12-10-23)43(40,41)37-21-33(5)18-24(37)17-32(3,4)20-33/h9-12,22,24H,6-8,13-21H2,1-5H3,(H,34,38). The van der Waals surface area contributed by atoms with Crippen LogP contribution >= 0.6 is 11.3 Å². The van der Waals surface area contributed by atoms with E-state index in [9.17, 15) is 18.0 Å². The average molecular weight is 627 g/mol. The van der Waals surface area contributed by atoms with E-state index in [0.717, 1.165) is 81.6 Å². The maximum Gasteiger partial charge on any atom is 0.257 e. The van der Waals surface area contributed by atoms with Crippen LogP contribution in [-0.4, -0.2) is 72.6 Å². The summed E-state index contributed by atoms with van der Waals surface area (Å²) in [6, 6.07) is 6.71. The fourth-order valence-corrected chi connectivity index (χ4v) is 11.2. The number of rotatable bonds is 6. The van der Waals surface area contributed by atoms with Crippen molar-refractivity contribution in [2.75, 3.05) is 31.5 Å². The highest BCUT2D eigenvalue weighted by atomic mass is 32.2. The van der Waals surface area contributed by atoms with Gasteiger partial charge in [0.25, 0.3) is 11.8 Å². The summed E-state index contributed by atoms with van der Waals surface area (Å²) in [4.78, 5) is 33.0. The molecule has 8 nitrogen and oxygen atoms in total. The number of hydrogen-bond acceptors (Lipinski definition) is 6. The molecule has 2 bridgehead atoms. The number of benzene rings is 1. The molecule has 4 aliphatic rings. The van der Waals surface area contributed by atoms with E-state index in [2.05, 4.69) is 44.8 Å². The Morgan fingerprint density at radius 2 is 1.70 bits per heavy atom. The van der Waals surface area contributed by atoms with Gasteiger partial charge in [-0.25, -0.2) is 8.42 Å². The summed E-state index contributed by atoms with van der Waals surface area (Å²) in [5, 5.41) is 3.66. The molecule has 3 fully saturated rings. The summed E-state index contributed by atoms with van der Waals surface area (Å²) >= 11 is 1.51. The van der Waals surface area contributed by atoms with Crippen LogP contribution in [-0.2, 0) is 23.0 Å². The lowest BCUT2D eigenvalue weighted by Crippen LogP contribution is -2.38. The van der Waals surface area contributed by atoms with E-state index in [4.69, 9.17) is 0 Å². The third-order valence-corrected chi connectivity index (χ3v) is 13.0. The van der Waals surface area contributed by atoms with Gasteiger partial charge in [0.2, 0.25) is 10.0 Å². The molecule has 1 N–H and O–H groups in total. The van der Waals surface area contributed by atoms with Crippen molar-refractivity contribution in [2.24, 2.45) is 10.8 Å². The fraction of sp³-hybridized carbons (Fsp3) is 0.636. The maximum absolute atomic E-state index is 13.8. The third kappa shape index (κ3) is 5.92. The quantitative estimate of drug-likeness (QED) is 0.426. The van der Waals surface area contributed by atoms with E-state index in [-0.39, 0.29) is 33.6 Å². The molecule has 234 valence electrons. The third-order valence-electron chi connectivity index (χ3n) is 9.99. The highest BCUT2D eigenvalue weighted by Crippen LogP contribution is 2.53. The number of piperidine rings is 1. The van der Waals surface area contributed by atoms with Crippen LogP contribution < -0.4 is 5.32 Å². The van der Waals surface area contributed by atoms with Gasteiger partial charge in [-0.3, -0.25) is 14.5 Å². The summed E-state index contributed by atoms with van der Waals surface area (Å²) in [5.74, 6) is -0.318. The van der Waals surface area contributed by atoms with Gasteiger partial charge in [0.15, 0.2) is 0 Å². The van der Waals surface area contributed by atoms with E-state index in [1.165, 1.54) is 11.3 Å². The van der Waals surface area contributed by atoms with Crippen molar-refractivity contribution in [3.63, 3.8) is 0 Å². The number of amides is 2. The van der Waals surface area contributed by atoms with Crippen LogP contribution in [0.25, 0.3) is 0 Å². The molecule has 4 heterocycles. The second-order valence-corrected chi connectivity index (χ2v) is 17.6. The van der Waals surface area contributed by atoms with Crippen LogP contribution in [0.5, 0.6) is 0 Å². The number of anilines is 1. The predicted octanol–water partition coefficient (Wildman–Crippen LogP) is 5.98. The van der Waals surface area contributed by atoms with Crippen LogP contribution in [0.2, 0.25) is 0 Å². The van der Waals surface area contributed by atoms with Crippen molar-refractivity contribution in [1.82, 2.24) is 14.1 Å². The number of likely N-dealkylation sites (tertiary alicyclic amines) is 1. The Hall–Kier alpha value is -2.27. The van der Waals surface area contributed by atoms with Gasteiger partial charge < -0.3 is 10.2 Å². The van der Waals surface area contributed by atoms with E-state index in [1.807, 2.05) is 4.90 Å². The minimum Gasteiger partial charge on any atom is -0.339 e. The fourth-order valence-electron chi connectivity index (χ4n) is 8.21. The maximum atomic E-state index is 13.8. The molecule has 2 unspecified atom stereocenters. The lowest BCUT2D eigenvalue weighted by molar-refractivity contribution is 0.0723. The largest absolute Gasteiger partial charge is 0.339 e. The zero-order valence-electron chi connectivity index (χ0n) is 26.2. The first-order chi connectivity index (χ1) is 20.3. The molecule has 1 aromatic heterocycles. The van der Waals surface area contributed by atoms with Gasteiger partial charge >= 0.3 is 0 Å². The predicted molar refractivity (Wildman–Crippen MR) is 171 cm³/mol. The number of hydrogen-bond donors (Lipinski definition) is 1. The van der Waals surface area contributed by atoms with Crippen molar-refractivity contribution in [3.05, 3.63) is 45.8 Å². The Labute approximate surface area is 260 Å². The number of carbonyl (C=O) groups excluding carboxylic acids is 2. The molecule has 2 saturated heterocycles. The molecule has 0 spiro atoms. The van der Waals surface area contributed by atoms with Crippen molar-refractivity contribution in [3.8, 4) is 0 Å². The minimum absolute atomic E-state index is 0.00523. The molecule has 2 aromatic rings. The second-order valence-electron chi connectivity index (χ2n) is 14.6. The molecule has 3 aliphatic heterocycles. The Kier molecular flexibility index (Phi) is 8.06. The van der Waals surface area contributed by atoms with Gasteiger partial charge in [-0.2, -0.15) is 4.31 Å². The van der Waals surface area contributed by atoms with Gasteiger partial charge in [-0.1, -0.05) is 20.8 Å². The van der Waals surface area contributed by atoms with Crippen molar-refractivity contribution < 1.29 is 18.0 Å². The van der Waals surface area contributed by atoms with Crippen molar-refractivity contribution in [1.29, 1.82) is 0 Å². The molecule has 10 heteroatoms. The lowest BCUT2D eigenvalue weighted by atomic mass is 9.65. The SMILES string of the molecule is CC(C)N1CCc2c(sc(NC(=O)c3ccc(S(=O)(=O)N4CC5(C)CC4CC(C)(C)C5)cc3)c2C(=O)N2CCCCC2)C1. The summed E-state index contributed by atoms with van der Waals surface area (Å²) in [6.45, 7) is 14.7. The highest BCUT2D eigenvalue weighted by Gasteiger charge is 2.53. The Morgan fingerprint density at radius 3 is 2.37 bits per heavy atom. The normalized spacial score (nSPS) is 26.0. The zero-order valence-corrected chi connectivity index (χ0v) is 27.9. The van der Waals surface area contributed by atoms with E-state index in [1.54, 1.807) is 28.6 Å². The van der Waals surface area contributed by atoms with Crippen LogP contribution in [0.4, 0.5) is 5.00 Å². The number of thiophene rings is 1. The number of fused-ring (bicyclic) bond motifs is 3. The molecule has 1 aliphatic carbocycles. The van der Waals surface area contributed by atoms with Gasteiger partial charge in [0.1, 0.15) is 5.00 Å². The summed E-state index contributed by atoms with van der Waals surface area (Å²) < 4.78 is 29.2. The molecule has 2 atom stereocenters. The van der Waals surface area contributed by atoms with Gasteiger partial charge in [-0.05, 0) is 99.5 Å². The first kappa shape index (κ1) is 30.7. The second kappa shape index (κ2) is 11.3. The van der Waals surface area contributed by atoms with Crippen LogP contribution in [0, 0.1) is 10.8 Å². The molecule has 1 aromatic carbocycles. The minimum atomic E-state index is -3.68. The summed E-state index contributed by atoms with van der Waals surface area (Å²) in [7, 11) is -3.68. The number of carbonyl (C=O) groups is 2. The first-order valence-corrected chi connectivity index (χ1v) is 18.1. The number of sulfonamides is 1. The van der Waals surface area contributed by atoms with Crippen LogP contribution in [0.3, 0.4) is 0 Å². The average Bonchev–Trinajstić information content (AvgIpc) is 3.45. The van der Waals surface area contributed by atoms with Gasteiger partial charge in [-0.15, -0.1) is 11.3 Å². The van der Waals surface area contributed by atoms with Crippen molar-refractivity contribution >= 4 is 38.2 Å². The van der Waals surface area contributed by atoms with E-state index >= 15 is 0 Å². The lowest BCUT2D eigenvalue weighted by Gasteiger charge is -2.39. The molecule has 6 rings (SSSR count). The first-order valence-electron chi connectivity index (χ1n) is 15.9. The van der Waals surface area contributed by atoms with Crippen molar-refractivity contribution in [2.45, 2.75) is 103 Å². The Balaban J connectivity index is 1.23. The summed E-state index contributed by atoms with van der Waals surface area (Å²) in [6.07, 6.45) is 6.71. The van der Waals surface area contributed by atoms with E-state index < -0.39 is 10.0 Å². The highest BCUT2D eigenvalue weighted by molar-refractivity contribution is 7.89. The van der Waals surface area contributed by atoms with Crippen LogP contribution in [0.15, 0.2) is 29.2 Å². The monoisotopic (exact) mass is 626 g/mol. The van der Waals surface area contributed by atoms with Gasteiger partial charge in [0.05, 0.1) is 10.5 Å². The Morgan fingerprint density at radius 1 is 1.00 bits per heavy atom. The number of nitrogens with one attached hydrogen (secondary N) is 1. The topological polar surface area (TPSA) is 90.0 Å². The molecule has 43 heavy (non-hydrogen) atoms. The molecular weight excluding hydrogens is 581 g/mol. The molecule has 2 amide bonds. The Bertz CT molecular complexity index is 1510. The van der Waals surface area contributed by atoms with E-state index in [0.29, 0.717) is 28.7 Å². The van der Waals surface area contributed by atoms with Crippen LogP contribution in [0.1, 0.15) is 104 Å². The molecule has 1 saturated carbocycles. The number of nitrogens with zero attached hydrogens (tertiary/aromatic N) is 3. The zero-order chi connectivity index (χ0) is 30.7. The van der Waals surface area contributed by atoms with Gasteiger partial charge in [0, 0.05) is 55.2 Å². The molecular formula is C33H46N4O4S2. The smallest absolute Gasteiger partial charge is 0.257 e.